The molecule has 0 spiro atoms. The molecule has 0 saturated heterocycles. The van der Waals surface area contributed by atoms with E-state index in [0.717, 1.165) is 12.3 Å². The first-order chi connectivity index (χ1) is 15.2. The van der Waals surface area contributed by atoms with E-state index in [-0.39, 0.29) is 11.3 Å². The van der Waals surface area contributed by atoms with Crippen molar-refractivity contribution < 1.29 is 22.4 Å². The molecular formula is C21H14F4N6O. The number of rotatable bonds is 4. The lowest BCUT2D eigenvalue weighted by molar-refractivity contribution is -0.137. The summed E-state index contributed by atoms with van der Waals surface area (Å²) in [6.45, 7) is 0. The number of nitrogens with two attached hydrogens (primary N) is 1. The summed E-state index contributed by atoms with van der Waals surface area (Å²) in [5.74, 6) is -2.35. The highest BCUT2D eigenvalue weighted by Crippen LogP contribution is 2.34. The molecule has 4 rings (SSSR count). The van der Waals surface area contributed by atoms with Crippen LogP contribution in [0, 0.1) is 5.82 Å². The molecule has 2 aromatic heterocycles. The fourth-order valence-electron chi connectivity index (χ4n) is 3.04. The first-order valence-corrected chi connectivity index (χ1v) is 9.14. The number of anilines is 2. The van der Waals surface area contributed by atoms with Gasteiger partial charge in [-0.3, -0.25) is 4.79 Å². The van der Waals surface area contributed by atoms with Gasteiger partial charge in [0.1, 0.15) is 11.4 Å². The van der Waals surface area contributed by atoms with Crippen molar-refractivity contribution >= 4 is 17.3 Å². The predicted molar refractivity (Wildman–Crippen MR) is 108 cm³/mol. The number of pyridine rings is 1. The molecule has 32 heavy (non-hydrogen) atoms. The monoisotopic (exact) mass is 442 g/mol. The average molecular weight is 442 g/mol. The molecule has 1 amide bonds. The average Bonchev–Trinajstić information content (AvgIpc) is 3.28. The second kappa shape index (κ2) is 8.10. The van der Waals surface area contributed by atoms with Crippen LogP contribution in [0.15, 0.2) is 67.1 Å². The SMILES string of the molecule is Nc1ccccc1-c1ccc(C(=O)Nc2cnc(-n3nccn3)c(C(F)(F)F)c2)c(F)c1. The summed E-state index contributed by atoms with van der Waals surface area (Å²) in [6, 6.07) is 11.4. The van der Waals surface area contributed by atoms with Crippen molar-refractivity contribution in [3.8, 4) is 16.9 Å². The number of hydrogen-bond acceptors (Lipinski definition) is 5. The minimum Gasteiger partial charge on any atom is -0.398 e. The molecule has 0 aliphatic heterocycles. The number of alkyl halides is 3. The van der Waals surface area contributed by atoms with E-state index in [1.165, 1.54) is 24.5 Å². The molecule has 0 unspecified atom stereocenters. The summed E-state index contributed by atoms with van der Waals surface area (Å²) >= 11 is 0. The van der Waals surface area contributed by atoms with Gasteiger partial charge < -0.3 is 11.1 Å². The zero-order valence-electron chi connectivity index (χ0n) is 16.1. The Hall–Kier alpha value is -4.28. The summed E-state index contributed by atoms with van der Waals surface area (Å²) in [6.07, 6.45) is -1.39. The van der Waals surface area contributed by atoms with Gasteiger partial charge in [-0.15, -0.1) is 4.80 Å². The number of benzene rings is 2. The van der Waals surface area contributed by atoms with E-state index in [2.05, 4.69) is 20.5 Å². The van der Waals surface area contributed by atoms with Crippen LogP contribution in [-0.4, -0.2) is 25.9 Å². The second-order valence-corrected chi connectivity index (χ2v) is 6.65. The van der Waals surface area contributed by atoms with Crippen molar-refractivity contribution in [3.05, 3.63) is 84.1 Å². The Morgan fingerprint density at radius 3 is 2.41 bits per heavy atom. The van der Waals surface area contributed by atoms with Crippen LogP contribution in [0.25, 0.3) is 16.9 Å². The molecule has 0 aliphatic rings. The molecule has 0 radical (unpaired) electrons. The van der Waals surface area contributed by atoms with Gasteiger partial charge in [-0.2, -0.15) is 23.4 Å². The summed E-state index contributed by atoms with van der Waals surface area (Å²) in [7, 11) is 0. The molecule has 2 heterocycles. The first-order valence-electron chi connectivity index (χ1n) is 9.14. The number of carbonyl (C=O) groups excluding carboxylic acids is 1. The van der Waals surface area contributed by atoms with Gasteiger partial charge in [0.25, 0.3) is 5.91 Å². The van der Waals surface area contributed by atoms with E-state index in [0.29, 0.717) is 27.7 Å². The van der Waals surface area contributed by atoms with Gasteiger partial charge >= 0.3 is 6.18 Å². The van der Waals surface area contributed by atoms with Gasteiger partial charge in [0.2, 0.25) is 0 Å². The fraction of sp³-hybridized carbons (Fsp3) is 0.0476. The molecule has 162 valence electrons. The fourth-order valence-corrected chi connectivity index (χ4v) is 3.04. The van der Waals surface area contributed by atoms with Crippen LogP contribution < -0.4 is 11.1 Å². The van der Waals surface area contributed by atoms with Gasteiger partial charge in [0.05, 0.1) is 29.8 Å². The van der Waals surface area contributed by atoms with Gasteiger partial charge in [0.15, 0.2) is 5.82 Å². The zero-order chi connectivity index (χ0) is 22.9. The molecule has 0 aliphatic carbocycles. The molecule has 0 bridgehead atoms. The maximum atomic E-state index is 14.6. The third-order valence-corrected chi connectivity index (χ3v) is 4.52. The summed E-state index contributed by atoms with van der Waals surface area (Å²) in [4.78, 5) is 16.9. The van der Waals surface area contributed by atoms with Crippen LogP contribution in [0.1, 0.15) is 15.9 Å². The Morgan fingerprint density at radius 2 is 1.75 bits per heavy atom. The normalized spacial score (nSPS) is 11.4. The van der Waals surface area contributed by atoms with E-state index < -0.39 is 29.3 Å². The third kappa shape index (κ3) is 4.13. The number of carbonyl (C=O) groups is 1. The number of nitrogen functional groups attached to an aromatic ring is 1. The van der Waals surface area contributed by atoms with E-state index in [9.17, 15) is 22.4 Å². The van der Waals surface area contributed by atoms with Crippen LogP contribution in [0.5, 0.6) is 0 Å². The Kier molecular flexibility index (Phi) is 5.31. The Bertz CT molecular complexity index is 1290. The van der Waals surface area contributed by atoms with Crippen molar-refractivity contribution in [3.63, 3.8) is 0 Å². The van der Waals surface area contributed by atoms with Crippen LogP contribution in [0.3, 0.4) is 0 Å². The lowest BCUT2D eigenvalue weighted by Gasteiger charge is -2.14. The zero-order valence-corrected chi connectivity index (χ0v) is 16.1. The highest BCUT2D eigenvalue weighted by molar-refractivity contribution is 6.04. The Morgan fingerprint density at radius 1 is 1.03 bits per heavy atom. The molecular weight excluding hydrogens is 428 g/mol. The van der Waals surface area contributed by atoms with Gasteiger partial charge in [0, 0.05) is 11.3 Å². The van der Waals surface area contributed by atoms with Crippen LogP contribution in [0.4, 0.5) is 28.9 Å². The van der Waals surface area contributed by atoms with E-state index in [1.54, 1.807) is 24.3 Å². The number of amides is 1. The summed E-state index contributed by atoms with van der Waals surface area (Å²) in [5.41, 5.74) is 5.57. The summed E-state index contributed by atoms with van der Waals surface area (Å²) in [5, 5.41) is 9.53. The molecule has 0 atom stereocenters. The van der Waals surface area contributed by atoms with Crippen LogP contribution in [0.2, 0.25) is 0 Å². The minimum absolute atomic E-state index is 0.269. The molecule has 2 aromatic carbocycles. The van der Waals surface area contributed by atoms with Crippen LogP contribution >= 0.6 is 0 Å². The number of nitrogens with zero attached hydrogens (tertiary/aromatic N) is 4. The van der Waals surface area contributed by atoms with E-state index >= 15 is 0 Å². The molecule has 0 saturated carbocycles. The molecule has 4 aromatic rings. The Balaban J connectivity index is 1.62. The number of para-hydroxylation sites is 1. The number of nitrogens with one attached hydrogen (secondary N) is 1. The number of hydrogen-bond donors (Lipinski definition) is 2. The quantitative estimate of drug-likeness (QED) is 0.362. The Labute approximate surface area is 178 Å². The highest BCUT2D eigenvalue weighted by atomic mass is 19.4. The number of halogens is 4. The van der Waals surface area contributed by atoms with Crippen molar-refractivity contribution in [2.45, 2.75) is 6.18 Å². The third-order valence-electron chi connectivity index (χ3n) is 4.52. The van der Waals surface area contributed by atoms with Crippen molar-refractivity contribution in [1.29, 1.82) is 0 Å². The molecule has 11 heteroatoms. The van der Waals surface area contributed by atoms with Crippen LogP contribution in [-0.2, 0) is 6.18 Å². The standard InChI is InChI=1S/C21H14F4N6O/c22-17-9-12(14-3-1-2-4-18(14)26)5-6-15(17)20(32)30-13-10-16(21(23,24)25)19(27-11-13)31-28-7-8-29-31/h1-11H,26H2,(H,30,32). The predicted octanol–water partition coefficient (Wildman–Crippen LogP) is 4.32. The highest BCUT2D eigenvalue weighted by Gasteiger charge is 2.36. The lowest BCUT2D eigenvalue weighted by atomic mass is 10.0. The number of aromatic nitrogens is 4. The molecule has 7 nitrogen and oxygen atoms in total. The largest absolute Gasteiger partial charge is 0.420 e. The topological polar surface area (TPSA) is 98.7 Å². The van der Waals surface area contributed by atoms with Crippen molar-refractivity contribution in [2.24, 2.45) is 0 Å². The van der Waals surface area contributed by atoms with Gasteiger partial charge in [-0.1, -0.05) is 24.3 Å². The van der Waals surface area contributed by atoms with Crippen molar-refractivity contribution in [2.75, 3.05) is 11.1 Å². The van der Waals surface area contributed by atoms with Gasteiger partial charge in [-0.25, -0.2) is 9.37 Å². The smallest absolute Gasteiger partial charge is 0.398 e. The minimum atomic E-state index is -4.79. The first kappa shape index (κ1) is 21.0. The second-order valence-electron chi connectivity index (χ2n) is 6.65. The summed E-state index contributed by atoms with van der Waals surface area (Å²) < 4.78 is 55.1. The maximum absolute atomic E-state index is 14.6. The van der Waals surface area contributed by atoms with Crippen molar-refractivity contribution in [1.82, 2.24) is 20.0 Å². The van der Waals surface area contributed by atoms with Gasteiger partial charge in [-0.05, 0) is 29.8 Å². The molecule has 0 fully saturated rings. The van der Waals surface area contributed by atoms with E-state index in [1.807, 2.05) is 0 Å². The van der Waals surface area contributed by atoms with E-state index in [4.69, 9.17) is 5.73 Å². The maximum Gasteiger partial charge on any atom is 0.420 e. The molecule has 3 N–H and O–H groups in total. The lowest BCUT2D eigenvalue weighted by Crippen LogP contribution is -2.18.